The van der Waals surface area contributed by atoms with Gasteiger partial charge in [-0.2, -0.15) is 0 Å². The van der Waals surface area contributed by atoms with Crippen LogP contribution in [0.15, 0.2) is 24.3 Å². The molecule has 0 fully saturated rings. The summed E-state index contributed by atoms with van der Waals surface area (Å²) in [5.41, 5.74) is 1.54. The van der Waals surface area contributed by atoms with Crippen molar-refractivity contribution in [1.82, 2.24) is 5.32 Å². The van der Waals surface area contributed by atoms with Gasteiger partial charge in [0.15, 0.2) is 0 Å². The standard InChI is InChI=1S/C15H12Cl4FN/c1-2-21-7-9-4-3-8(5-12(9)20)13-14(18)10(16)6-11(17)15(13)19/h3-6,21H,2,7H2,1H3. The van der Waals surface area contributed by atoms with E-state index in [9.17, 15) is 4.39 Å². The minimum absolute atomic E-state index is 0.255. The third-order valence-electron chi connectivity index (χ3n) is 3.02. The number of hydrogen-bond donors (Lipinski definition) is 1. The Morgan fingerprint density at radius 3 is 2.14 bits per heavy atom. The van der Waals surface area contributed by atoms with E-state index in [0.29, 0.717) is 23.2 Å². The monoisotopic (exact) mass is 365 g/mol. The highest BCUT2D eigenvalue weighted by Crippen LogP contribution is 2.43. The van der Waals surface area contributed by atoms with Crippen LogP contribution in [0.2, 0.25) is 20.1 Å². The van der Waals surface area contributed by atoms with Gasteiger partial charge in [-0.25, -0.2) is 4.39 Å². The summed E-state index contributed by atoms with van der Waals surface area (Å²) in [6.07, 6.45) is 0. The normalized spacial score (nSPS) is 11.0. The van der Waals surface area contributed by atoms with E-state index >= 15 is 0 Å². The molecule has 1 N–H and O–H groups in total. The zero-order valence-corrected chi connectivity index (χ0v) is 14.1. The van der Waals surface area contributed by atoms with Crippen LogP contribution in [0.3, 0.4) is 0 Å². The molecule has 0 aliphatic heterocycles. The maximum atomic E-state index is 14.1. The van der Waals surface area contributed by atoms with Crippen molar-refractivity contribution in [2.24, 2.45) is 0 Å². The number of rotatable bonds is 4. The van der Waals surface area contributed by atoms with Crippen molar-refractivity contribution in [2.75, 3.05) is 6.54 Å². The number of benzene rings is 2. The molecule has 0 saturated carbocycles. The highest BCUT2D eigenvalue weighted by Gasteiger charge is 2.16. The Bertz CT molecular complexity index is 647. The molecule has 0 amide bonds. The SMILES string of the molecule is CCNCc1ccc(-c2c(Cl)c(Cl)cc(Cl)c2Cl)cc1F. The van der Waals surface area contributed by atoms with E-state index in [0.717, 1.165) is 6.54 Å². The van der Waals surface area contributed by atoms with E-state index in [1.807, 2.05) is 6.92 Å². The lowest BCUT2D eigenvalue weighted by atomic mass is 10.0. The van der Waals surface area contributed by atoms with E-state index in [1.54, 1.807) is 12.1 Å². The third kappa shape index (κ3) is 3.64. The Morgan fingerprint density at radius 1 is 1.00 bits per heavy atom. The van der Waals surface area contributed by atoms with Crippen molar-refractivity contribution in [2.45, 2.75) is 13.5 Å². The summed E-state index contributed by atoms with van der Waals surface area (Å²) in [6, 6.07) is 6.28. The molecular formula is C15H12Cl4FN. The first-order valence-corrected chi connectivity index (χ1v) is 7.79. The van der Waals surface area contributed by atoms with Crippen LogP contribution in [0.5, 0.6) is 0 Å². The molecule has 0 saturated heterocycles. The van der Waals surface area contributed by atoms with Crippen LogP contribution >= 0.6 is 46.4 Å². The Balaban J connectivity index is 2.51. The minimum atomic E-state index is -0.336. The van der Waals surface area contributed by atoms with Crippen LogP contribution < -0.4 is 5.32 Å². The van der Waals surface area contributed by atoms with Crippen molar-refractivity contribution < 1.29 is 4.39 Å². The second-order valence-corrected chi connectivity index (χ2v) is 6.00. The molecule has 0 heterocycles. The van der Waals surface area contributed by atoms with E-state index in [4.69, 9.17) is 46.4 Å². The van der Waals surface area contributed by atoms with Crippen molar-refractivity contribution in [3.8, 4) is 11.1 Å². The zero-order chi connectivity index (χ0) is 15.6. The molecule has 0 bridgehead atoms. The molecular weight excluding hydrogens is 355 g/mol. The van der Waals surface area contributed by atoms with Gasteiger partial charge in [0.05, 0.1) is 20.1 Å². The fourth-order valence-corrected chi connectivity index (χ4v) is 2.96. The first kappa shape index (κ1) is 16.9. The molecule has 6 heteroatoms. The summed E-state index contributed by atoms with van der Waals surface area (Å²) in [6.45, 7) is 3.18. The first-order chi connectivity index (χ1) is 9.95. The molecule has 1 nitrogen and oxygen atoms in total. The van der Waals surface area contributed by atoms with Crippen molar-refractivity contribution in [3.63, 3.8) is 0 Å². The number of hydrogen-bond acceptors (Lipinski definition) is 1. The molecule has 0 radical (unpaired) electrons. The van der Waals surface area contributed by atoms with Crippen LogP contribution in [-0.4, -0.2) is 6.54 Å². The predicted octanol–water partition coefficient (Wildman–Crippen LogP) is 6.22. The van der Waals surface area contributed by atoms with Gasteiger partial charge in [0, 0.05) is 17.7 Å². The smallest absolute Gasteiger partial charge is 0.128 e. The second-order valence-electron chi connectivity index (χ2n) is 4.43. The van der Waals surface area contributed by atoms with Crippen LogP contribution in [0, 0.1) is 5.82 Å². The number of halogens is 5. The predicted molar refractivity (Wildman–Crippen MR) is 89.3 cm³/mol. The lowest BCUT2D eigenvalue weighted by Crippen LogP contribution is -2.12. The molecule has 2 aromatic carbocycles. The summed E-state index contributed by atoms with van der Waals surface area (Å²) in [4.78, 5) is 0. The minimum Gasteiger partial charge on any atom is -0.313 e. The van der Waals surface area contributed by atoms with Crippen LogP contribution in [0.4, 0.5) is 4.39 Å². The molecule has 0 aliphatic carbocycles. The van der Waals surface area contributed by atoms with Gasteiger partial charge in [0.25, 0.3) is 0 Å². The molecule has 112 valence electrons. The third-order valence-corrected chi connectivity index (χ3v) is 4.59. The molecule has 2 aromatic rings. The van der Waals surface area contributed by atoms with E-state index in [-0.39, 0.29) is 25.9 Å². The van der Waals surface area contributed by atoms with Gasteiger partial charge in [-0.1, -0.05) is 65.5 Å². The van der Waals surface area contributed by atoms with Gasteiger partial charge in [0.1, 0.15) is 5.82 Å². The molecule has 2 rings (SSSR count). The molecule has 0 spiro atoms. The van der Waals surface area contributed by atoms with Crippen molar-refractivity contribution in [3.05, 3.63) is 55.7 Å². The lowest BCUT2D eigenvalue weighted by Gasteiger charge is -2.12. The van der Waals surface area contributed by atoms with Crippen LogP contribution in [0.1, 0.15) is 12.5 Å². The van der Waals surface area contributed by atoms with Crippen LogP contribution in [-0.2, 0) is 6.54 Å². The van der Waals surface area contributed by atoms with Gasteiger partial charge < -0.3 is 5.32 Å². The summed E-state index contributed by atoms with van der Waals surface area (Å²) in [7, 11) is 0. The van der Waals surface area contributed by atoms with E-state index in [1.165, 1.54) is 12.1 Å². The molecule has 0 aromatic heterocycles. The summed E-state index contributed by atoms with van der Waals surface area (Å²) in [5, 5.41) is 4.13. The highest BCUT2D eigenvalue weighted by atomic mass is 35.5. The van der Waals surface area contributed by atoms with E-state index < -0.39 is 0 Å². The number of nitrogens with one attached hydrogen (secondary N) is 1. The van der Waals surface area contributed by atoms with Crippen molar-refractivity contribution >= 4 is 46.4 Å². The Hall–Kier alpha value is -0.510. The molecule has 0 aliphatic rings. The van der Waals surface area contributed by atoms with Gasteiger partial charge >= 0.3 is 0 Å². The van der Waals surface area contributed by atoms with Gasteiger partial charge in [0.2, 0.25) is 0 Å². The molecule has 21 heavy (non-hydrogen) atoms. The average Bonchev–Trinajstić information content (AvgIpc) is 2.44. The van der Waals surface area contributed by atoms with Crippen molar-refractivity contribution in [1.29, 1.82) is 0 Å². The van der Waals surface area contributed by atoms with Crippen LogP contribution in [0.25, 0.3) is 11.1 Å². The maximum Gasteiger partial charge on any atom is 0.128 e. The topological polar surface area (TPSA) is 12.0 Å². The fourth-order valence-electron chi connectivity index (χ4n) is 1.93. The Morgan fingerprint density at radius 2 is 1.62 bits per heavy atom. The van der Waals surface area contributed by atoms with E-state index in [2.05, 4.69) is 5.32 Å². The second kappa shape index (κ2) is 7.17. The zero-order valence-electron chi connectivity index (χ0n) is 11.1. The van der Waals surface area contributed by atoms with Gasteiger partial charge in [-0.3, -0.25) is 0 Å². The van der Waals surface area contributed by atoms with Gasteiger partial charge in [-0.15, -0.1) is 0 Å². The Labute approximate surface area is 143 Å². The largest absolute Gasteiger partial charge is 0.313 e. The quantitative estimate of drug-likeness (QED) is 0.633. The average molecular weight is 367 g/mol. The highest BCUT2D eigenvalue weighted by molar-refractivity contribution is 6.50. The maximum absolute atomic E-state index is 14.1. The molecule has 0 unspecified atom stereocenters. The first-order valence-electron chi connectivity index (χ1n) is 6.28. The fraction of sp³-hybridized carbons (Fsp3) is 0.200. The Kier molecular flexibility index (Phi) is 5.75. The summed E-state index contributed by atoms with van der Waals surface area (Å²) < 4.78 is 14.1. The molecule has 0 atom stereocenters. The van der Waals surface area contributed by atoms with Gasteiger partial charge in [-0.05, 0) is 24.2 Å². The summed E-state index contributed by atoms with van der Waals surface area (Å²) in [5.74, 6) is -0.336. The lowest BCUT2D eigenvalue weighted by molar-refractivity contribution is 0.594. The summed E-state index contributed by atoms with van der Waals surface area (Å²) >= 11 is 24.3.